The number of hydrogen-bond acceptors (Lipinski definition) is 7. The Kier molecular flexibility index (Phi) is 4.24. The van der Waals surface area contributed by atoms with Gasteiger partial charge in [0.2, 0.25) is 0 Å². The first-order chi connectivity index (χ1) is 9.20. The summed E-state index contributed by atoms with van der Waals surface area (Å²) in [4.78, 5) is 22.7. The van der Waals surface area contributed by atoms with E-state index in [2.05, 4.69) is 20.3 Å². The molecule has 8 heteroatoms. The monoisotopic (exact) mass is 277 g/mol. The van der Waals surface area contributed by atoms with Gasteiger partial charge in [0.25, 0.3) is 0 Å². The number of nitrogens with one attached hydrogen (secondary N) is 1. The lowest BCUT2D eigenvalue weighted by Crippen LogP contribution is -2.01. The highest BCUT2D eigenvalue weighted by Crippen LogP contribution is 2.32. The van der Waals surface area contributed by atoms with Crippen LogP contribution in [0.25, 0.3) is 0 Å². The number of nitrogens with zero attached hydrogens (tertiary/aromatic N) is 4. The number of aromatic nitrogens is 3. The fourth-order valence-electron chi connectivity index (χ4n) is 1.36. The Balaban J connectivity index is 2.35. The van der Waals surface area contributed by atoms with Crippen LogP contribution in [0.3, 0.4) is 0 Å². The smallest absolute Gasteiger partial charge is 0.301 e. The summed E-state index contributed by atoms with van der Waals surface area (Å²) in [6, 6.07) is 3.02. The molecule has 2 rings (SSSR count). The van der Waals surface area contributed by atoms with Gasteiger partial charge < -0.3 is 5.32 Å². The lowest BCUT2D eigenvalue weighted by atomic mass is 10.4. The van der Waals surface area contributed by atoms with E-state index in [1.54, 1.807) is 12.3 Å². The molecule has 0 saturated carbocycles. The van der Waals surface area contributed by atoms with Gasteiger partial charge in [0.05, 0.1) is 11.1 Å². The average molecular weight is 277 g/mol. The van der Waals surface area contributed by atoms with Gasteiger partial charge in [-0.1, -0.05) is 0 Å². The highest BCUT2D eigenvalue weighted by atomic mass is 32.2. The van der Waals surface area contributed by atoms with Crippen LogP contribution in [0.15, 0.2) is 40.8 Å². The van der Waals surface area contributed by atoms with Crippen LogP contribution in [0, 0.1) is 10.1 Å². The van der Waals surface area contributed by atoms with Crippen LogP contribution in [-0.4, -0.2) is 26.4 Å². The summed E-state index contributed by atoms with van der Waals surface area (Å²) in [7, 11) is 0. The summed E-state index contributed by atoms with van der Waals surface area (Å²) in [6.07, 6.45) is 4.61. The first kappa shape index (κ1) is 13.2. The van der Waals surface area contributed by atoms with Gasteiger partial charge in [0.1, 0.15) is 10.8 Å². The lowest BCUT2D eigenvalue weighted by molar-refractivity contribution is -0.388. The number of anilines is 1. The van der Waals surface area contributed by atoms with Crippen molar-refractivity contribution in [2.45, 2.75) is 17.0 Å². The van der Waals surface area contributed by atoms with Gasteiger partial charge in [-0.2, -0.15) is 0 Å². The van der Waals surface area contributed by atoms with Crippen molar-refractivity contribution in [2.24, 2.45) is 0 Å². The standard InChI is InChI=1S/C11H11N5O2S/c1-2-13-9-4-3-8(16(17)18)11(15-9)19-10-7-12-5-6-14-10/h3-7H,2H2,1H3,(H,13,15). The maximum atomic E-state index is 11.0. The molecule has 1 N–H and O–H groups in total. The summed E-state index contributed by atoms with van der Waals surface area (Å²) < 4.78 is 0. The average Bonchev–Trinajstić information content (AvgIpc) is 2.40. The molecule has 0 unspecified atom stereocenters. The molecular formula is C11H11N5O2S. The van der Waals surface area contributed by atoms with Crippen LogP contribution >= 0.6 is 11.8 Å². The van der Waals surface area contributed by atoms with Gasteiger partial charge in [0, 0.05) is 25.0 Å². The minimum atomic E-state index is -0.457. The number of nitro groups is 1. The summed E-state index contributed by atoms with van der Waals surface area (Å²) >= 11 is 1.12. The Bertz CT molecular complexity index is 579. The van der Waals surface area contributed by atoms with Crippen molar-refractivity contribution in [3.05, 3.63) is 40.8 Å². The van der Waals surface area contributed by atoms with Gasteiger partial charge in [-0.3, -0.25) is 15.1 Å². The minimum Gasteiger partial charge on any atom is -0.370 e. The molecule has 7 nitrogen and oxygen atoms in total. The summed E-state index contributed by atoms with van der Waals surface area (Å²) in [6.45, 7) is 2.62. The molecule has 0 spiro atoms. The summed E-state index contributed by atoms with van der Waals surface area (Å²) in [5, 5.41) is 14.9. The van der Waals surface area contributed by atoms with E-state index in [1.807, 2.05) is 6.92 Å². The molecule has 0 aromatic carbocycles. The maximum Gasteiger partial charge on any atom is 0.301 e. The third-order valence-corrected chi connectivity index (χ3v) is 3.05. The van der Waals surface area contributed by atoms with E-state index in [1.165, 1.54) is 18.5 Å². The molecule has 0 aliphatic rings. The Labute approximate surface area is 113 Å². The van der Waals surface area contributed by atoms with Gasteiger partial charge in [0.15, 0.2) is 5.03 Å². The third-order valence-electron chi connectivity index (χ3n) is 2.14. The lowest BCUT2D eigenvalue weighted by Gasteiger charge is -2.05. The molecule has 2 aromatic rings. The van der Waals surface area contributed by atoms with E-state index in [4.69, 9.17) is 0 Å². The normalized spacial score (nSPS) is 10.2. The fourth-order valence-corrected chi connectivity index (χ4v) is 2.18. The fraction of sp³-hybridized carbons (Fsp3) is 0.182. The number of hydrogen-bond donors (Lipinski definition) is 1. The highest BCUT2D eigenvalue weighted by Gasteiger charge is 2.17. The molecule has 0 aliphatic heterocycles. The van der Waals surface area contributed by atoms with E-state index >= 15 is 0 Å². The third kappa shape index (κ3) is 3.38. The molecule has 0 saturated heterocycles. The van der Waals surface area contributed by atoms with Crippen LogP contribution in [0.1, 0.15) is 6.92 Å². The summed E-state index contributed by atoms with van der Waals surface area (Å²) in [5.41, 5.74) is -0.0442. The van der Waals surface area contributed by atoms with Gasteiger partial charge in [-0.25, -0.2) is 9.97 Å². The van der Waals surface area contributed by atoms with E-state index in [9.17, 15) is 10.1 Å². The van der Waals surface area contributed by atoms with E-state index < -0.39 is 4.92 Å². The Morgan fingerprint density at radius 1 is 1.42 bits per heavy atom. The molecule has 0 atom stereocenters. The molecule has 0 fully saturated rings. The SMILES string of the molecule is CCNc1ccc([N+](=O)[O-])c(Sc2cnccn2)n1. The first-order valence-electron chi connectivity index (χ1n) is 5.54. The van der Waals surface area contributed by atoms with Crippen LogP contribution in [0.2, 0.25) is 0 Å². The Hall–Kier alpha value is -2.22. The minimum absolute atomic E-state index is 0.0442. The molecule has 0 amide bonds. The van der Waals surface area contributed by atoms with Crippen molar-refractivity contribution in [1.29, 1.82) is 0 Å². The van der Waals surface area contributed by atoms with Crippen molar-refractivity contribution >= 4 is 23.3 Å². The van der Waals surface area contributed by atoms with Crippen LogP contribution in [0.4, 0.5) is 11.5 Å². The molecule has 2 heterocycles. The largest absolute Gasteiger partial charge is 0.370 e. The van der Waals surface area contributed by atoms with Crippen molar-refractivity contribution < 1.29 is 4.92 Å². The second-order valence-electron chi connectivity index (χ2n) is 3.45. The zero-order chi connectivity index (χ0) is 13.7. The molecule has 0 aliphatic carbocycles. The maximum absolute atomic E-state index is 11.0. The summed E-state index contributed by atoms with van der Waals surface area (Å²) in [5.74, 6) is 0.597. The zero-order valence-corrected chi connectivity index (χ0v) is 10.9. The van der Waals surface area contributed by atoms with Crippen LogP contribution in [0.5, 0.6) is 0 Å². The van der Waals surface area contributed by atoms with E-state index in [0.29, 0.717) is 22.4 Å². The topological polar surface area (TPSA) is 93.8 Å². The second-order valence-corrected chi connectivity index (χ2v) is 4.46. The quantitative estimate of drug-likeness (QED) is 0.662. The van der Waals surface area contributed by atoms with Crippen molar-refractivity contribution in [2.75, 3.05) is 11.9 Å². The highest BCUT2D eigenvalue weighted by molar-refractivity contribution is 7.99. The van der Waals surface area contributed by atoms with Gasteiger partial charge >= 0.3 is 5.69 Å². The van der Waals surface area contributed by atoms with Crippen molar-refractivity contribution in [3.63, 3.8) is 0 Å². The molecular weight excluding hydrogens is 266 g/mol. The van der Waals surface area contributed by atoms with Crippen LogP contribution < -0.4 is 5.32 Å². The van der Waals surface area contributed by atoms with E-state index in [-0.39, 0.29) is 5.69 Å². The van der Waals surface area contributed by atoms with Crippen LogP contribution in [-0.2, 0) is 0 Å². The Morgan fingerprint density at radius 3 is 2.89 bits per heavy atom. The predicted octanol–water partition coefficient (Wildman–Crippen LogP) is 2.36. The zero-order valence-electron chi connectivity index (χ0n) is 10.1. The number of pyridine rings is 1. The molecule has 0 bridgehead atoms. The first-order valence-corrected chi connectivity index (χ1v) is 6.35. The molecule has 2 aromatic heterocycles. The predicted molar refractivity (Wildman–Crippen MR) is 71.2 cm³/mol. The van der Waals surface area contributed by atoms with E-state index in [0.717, 1.165) is 11.8 Å². The van der Waals surface area contributed by atoms with Gasteiger partial charge in [-0.15, -0.1) is 0 Å². The molecule has 19 heavy (non-hydrogen) atoms. The Morgan fingerprint density at radius 2 is 2.26 bits per heavy atom. The molecule has 0 radical (unpaired) electrons. The molecule has 98 valence electrons. The van der Waals surface area contributed by atoms with Crippen molar-refractivity contribution in [1.82, 2.24) is 15.0 Å². The second kappa shape index (κ2) is 6.10. The number of rotatable bonds is 5. The van der Waals surface area contributed by atoms with Gasteiger partial charge in [-0.05, 0) is 24.8 Å². The van der Waals surface area contributed by atoms with Crippen molar-refractivity contribution in [3.8, 4) is 0 Å².